The number of hydrogen-bond donors (Lipinski definition) is 0. The van der Waals surface area contributed by atoms with Gasteiger partial charge in [0, 0.05) is 10.6 Å². The number of halogens is 1. The van der Waals surface area contributed by atoms with Crippen molar-refractivity contribution in [2.45, 2.75) is 18.8 Å². The van der Waals surface area contributed by atoms with Crippen molar-refractivity contribution in [1.29, 1.82) is 0 Å². The molecule has 0 aliphatic carbocycles. The summed E-state index contributed by atoms with van der Waals surface area (Å²) >= 11 is 7.01. The molecule has 1 aromatic heterocycles. The number of ketones is 1. The maximum atomic E-state index is 12.1. The summed E-state index contributed by atoms with van der Waals surface area (Å²) in [6, 6.07) is 14.5. The average Bonchev–Trinajstić information content (AvgIpc) is 3.08. The Hall–Kier alpha value is -2.31. The van der Waals surface area contributed by atoms with Crippen LogP contribution < -0.4 is 4.74 Å². The van der Waals surface area contributed by atoms with Crippen LogP contribution in [0.25, 0.3) is 0 Å². The highest BCUT2D eigenvalue weighted by atomic mass is 35.5. The van der Waals surface area contributed by atoms with Gasteiger partial charge in [-0.25, -0.2) is 0 Å². The van der Waals surface area contributed by atoms with E-state index in [-0.39, 0.29) is 18.1 Å². The summed E-state index contributed by atoms with van der Waals surface area (Å²) in [5, 5.41) is 8.77. The summed E-state index contributed by atoms with van der Waals surface area (Å²) in [5.41, 5.74) is 1.76. The van der Waals surface area contributed by atoms with Gasteiger partial charge in [0.2, 0.25) is 0 Å². The second kappa shape index (κ2) is 8.18. The van der Waals surface area contributed by atoms with Crippen LogP contribution in [0, 0.1) is 6.92 Å². The maximum Gasteiger partial charge on any atom is 0.277 e. The number of carbonyl (C=O) groups excluding carboxylic acids is 1. The van der Waals surface area contributed by atoms with E-state index in [0.717, 1.165) is 11.3 Å². The van der Waals surface area contributed by atoms with Gasteiger partial charge in [-0.2, -0.15) is 0 Å². The molecule has 7 heteroatoms. The van der Waals surface area contributed by atoms with Crippen molar-refractivity contribution in [2.24, 2.45) is 0 Å². The lowest BCUT2D eigenvalue weighted by molar-refractivity contribution is 0.102. The third-order valence-corrected chi connectivity index (χ3v) is 4.39. The van der Waals surface area contributed by atoms with Gasteiger partial charge in [0.1, 0.15) is 5.75 Å². The fraction of sp³-hybridized carbons (Fsp3) is 0.167. The fourth-order valence-corrected chi connectivity index (χ4v) is 2.78. The number of nitrogens with zero attached hydrogens (tertiary/aromatic N) is 2. The van der Waals surface area contributed by atoms with Gasteiger partial charge in [-0.05, 0) is 43.3 Å². The van der Waals surface area contributed by atoms with Crippen molar-refractivity contribution >= 4 is 29.1 Å². The predicted octanol–water partition coefficient (Wildman–Crippen LogP) is 4.59. The molecule has 0 N–H and O–H groups in total. The third-order valence-electron chi connectivity index (χ3n) is 3.32. The lowest BCUT2D eigenvalue weighted by Gasteiger charge is -2.02. The Morgan fingerprint density at radius 2 is 1.84 bits per heavy atom. The number of hydrogen-bond acceptors (Lipinski definition) is 6. The van der Waals surface area contributed by atoms with E-state index in [9.17, 15) is 4.79 Å². The van der Waals surface area contributed by atoms with Gasteiger partial charge in [0.05, 0.1) is 5.75 Å². The first-order chi connectivity index (χ1) is 12.1. The third kappa shape index (κ3) is 5.08. The zero-order valence-electron chi connectivity index (χ0n) is 13.4. The Morgan fingerprint density at radius 1 is 1.12 bits per heavy atom. The Balaban J connectivity index is 1.50. The Kier molecular flexibility index (Phi) is 5.73. The molecule has 0 aliphatic heterocycles. The van der Waals surface area contributed by atoms with Crippen LogP contribution in [0.3, 0.4) is 0 Å². The molecular formula is C18H15ClN2O3S. The van der Waals surface area contributed by atoms with Gasteiger partial charge in [-0.15, -0.1) is 10.2 Å². The number of aryl methyl sites for hydroxylation is 1. The van der Waals surface area contributed by atoms with Crippen LogP contribution in [0.15, 0.2) is 58.2 Å². The molecule has 0 atom stereocenters. The molecule has 0 spiro atoms. The smallest absolute Gasteiger partial charge is 0.277 e. The lowest BCUT2D eigenvalue weighted by Crippen LogP contribution is -2.01. The molecule has 0 amide bonds. The normalized spacial score (nSPS) is 10.6. The van der Waals surface area contributed by atoms with Gasteiger partial charge < -0.3 is 9.15 Å². The molecule has 2 aromatic carbocycles. The lowest BCUT2D eigenvalue weighted by atomic mass is 10.1. The van der Waals surface area contributed by atoms with Crippen LogP contribution >= 0.6 is 23.4 Å². The van der Waals surface area contributed by atoms with Crippen molar-refractivity contribution in [3.05, 3.63) is 70.6 Å². The van der Waals surface area contributed by atoms with Crippen LogP contribution in [0.1, 0.15) is 21.8 Å². The van der Waals surface area contributed by atoms with Crippen molar-refractivity contribution in [2.75, 3.05) is 5.75 Å². The number of aromatic nitrogens is 2. The first-order valence-corrected chi connectivity index (χ1v) is 8.90. The molecule has 128 valence electrons. The fourth-order valence-electron chi connectivity index (χ4n) is 1.98. The minimum atomic E-state index is -0.0303. The summed E-state index contributed by atoms with van der Waals surface area (Å²) in [6.07, 6.45) is 0. The van der Waals surface area contributed by atoms with Crippen LogP contribution in [-0.4, -0.2) is 21.7 Å². The standard InChI is InChI=1S/C18H15ClN2O3S/c1-12-2-8-15(9-3-12)23-10-17-20-21-18(24-17)25-11-16(22)13-4-6-14(19)7-5-13/h2-9H,10-11H2,1H3. The monoisotopic (exact) mass is 374 g/mol. The second-order valence-corrected chi connectivity index (χ2v) is 6.65. The summed E-state index contributed by atoms with van der Waals surface area (Å²) in [7, 11) is 0. The second-order valence-electron chi connectivity index (χ2n) is 5.28. The molecule has 0 unspecified atom stereocenters. The molecule has 0 bridgehead atoms. The molecular weight excluding hydrogens is 360 g/mol. The van der Waals surface area contributed by atoms with E-state index in [1.165, 1.54) is 11.8 Å². The SMILES string of the molecule is Cc1ccc(OCc2nnc(SCC(=O)c3ccc(Cl)cc3)o2)cc1. The maximum absolute atomic E-state index is 12.1. The quantitative estimate of drug-likeness (QED) is 0.445. The van der Waals surface area contributed by atoms with E-state index in [4.69, 9.17) is 20.8 Å². The molecule has 25 heavy (non-hydrogen) atoms. The van der Waals surface area contributed by atoms with Gasteiger partial charge in [0.15, 0.2) is 12.4 Å². The molecule has 0 fully saturated rings. The molecule has 3 rings (SSSR count). The van der Waals surface area contributed by atoms with Gasteiger partial charge in [-0.1, -0.05) is 41.1 Å². The van der Waals surface area contributed by atoms with Crippen LogP contribution in [0.5, 0.6) is 5.75 Å². The van der Waals surface area contributed by atoms with E-state index < -0.39 is 0 Å². The van der Waals surface area contributed by atoms with Crippen molar-refractivity contribution in [1.82, 2.24) is 10.2 Å². The molecule has 1 heterocycles. The van der Waals surface area contributed by atoms with Crippen molar-refractivity contribution in [3.63, 3.8) is 0 Å². The van der Waals surface area contributed by atoms with E-state index in [1.807, 2.05) is 31.2 Å². The minimum absolute atomic E-state index is 0.0303. The highest BCUT2D eigenvalue weighted by Crippen LogP contribution is 2.20. The van der Waals surface area contributed by atoms with Crippen LogP contribution in [-0.2, 0) is 6.61 Å². The number of rotatable bonds is 7. The zero-order valence-corrected chi connectivity index (χ0v) is 15.0. The highest BCUT2D eigenvalue weighted by molar-refractivity contribution is 7.99. The first kappa shape index (κ1) is 17.5. The topological polar surface area (TPSA) is 65.2 Å². The summed E-state index contributed by atoms with van der Waals surface area (Å²) in [4.78, 5) is 12.1. The Bertz CT molecular complexity index is 848. The highest BCUT2D eigenvalue weighted by Gasteiger charge is 2.11. The zero-order chi connectivity index (χ0) is 17.6. The predicted molar refractivity (Wildman–Crippen MR) is 96.3 cm³/mol. The van der Waals surface area contributed by atoms with Gasteiger partial charge in [-0.3, -0.25) is 4.79 Å². The number of thioether (sulfide) groups is 1. The number of benzene rings is 2. The summed E-state index contributed by atoms with van der Waals surface area (Å²) in [5.74, 6) is 1.28. The molecule has 0 saturated heterocycles. The van der Waals surface area contributed by atoms with E-state index in [1.54, 1.807) is 24.3 Å². The van der Waals surface area contributed by atoms with E-state index >= 15 is 0 Å². The number of Topliss-reactive ketones (excluding diaryl/α,β-unsaturated/α-hetero) is 1. The average molecular weight is 375 g/mol. The van der Waals surface area contributed by atoms with E-state index in [2.05, 4.69) is 10.2 Å². The minimum Gasteiger partial charge on any atom is -0.484 e. The molecule has 0 aliphatic rings. The van der Waals surface area contributed by atoms with Gasteiger partial charge >= 0.3 is 0 Å². The molecule has 5 nitrogen and oxygen atoms in total. The largest absolute Gasteiger partial charge is 0.484 e. The van der Waals surface area contributed by atoms with Crippen LogP contribution in [0.4, 0.5) is 0 Å². The molecule has 3 aromatic rings. The van der Waals surface area contributed by atoms with Crippen molar-refractivity contribution in [3.8, 4) is 5.75 Å². The molecule has 0 saturated carbocycles. The van der Waals surface area contributed by atoms with E-state index in [0.29, 0.717) is 21.7 Å². The molecule has 0 radical (unpaired) electrons. The Labute approximate surface area is 154 Å². The number of ether oxygens (including phenoxy) is 1. The summed E-state index contributed by atoms with van der Waals surface area (Å²) in [6.45, 7) is 2.19. The summed E-state index contributed by atoms with van der Waals surface area (Å²) < 4.78 is 11.1. The Morgan fingerprint density at radius 3 is 2.56 bits per heavy atom. The van der Waals surface area contributed by atoms with Crippen molar-refractivity contribution < 1.29 is 13.9 Å². The van der Waals surface area contributed by atoms with Crippen LogP contribution in [0.2, 0.25) is 5.02 Å². The van der Waals surface area contributed by atoms with Gasteiger partial charge in [0.25, 0.3) is 11.1 Å². The first-order valence-electron chi connectivity index (χ1n) is 7.53. The number of carbonyl (C=O) groups is 1.